The van der Waals surface area contributed by atoms with Crippen molar-refractivity contribution in [3.63, 3.8) is 0 Å². The molecular formula is C18H13Br2N5O3. The number of nitrogens with one attached hydrogen (secondary N) is 2. The van der Waals surface area contributed by atoms with E-state index in [4.69, 9.17) is 5.73 Å². The second-order valence-electron chi connectivity index (χ2n) is 6.08. The van der Waals surface area contributed by atoms with Gasteiger partial charge < -0.3 is 15.6 Å². The van der Waals surface area contributed by atoms with Gasteiger partial charge in [-0.2, -0.15) is 0 Å². The Hall–Kier alpha value is -2.85. The van der Waals surface area contributed by atoms with Crippen LogP contribution in [0.3, 0.4) is 0 Å². The monoisotopic (exact) mass is 505 g/mol. The van der Waals surface area contributed by atoms with Gasteiger partial charge in [0.05, 0.1) is 16.9 Å². The van der Waals surface area contributed by atoms with Gasteiger partial charge in [-0.25, -0.2) is 4.79 Å². The summed E-state index contributed by atoms with van der Waals surface area (Å²) >= 11 is 6.78. The molecule has 0 bridgehead atoms. The maximum atomic E-state index is 13.0. The first-order valence-corrected chi connectivity index (χ1v) is 9.64. The van der Waals surface area contributed by atoms with E-state index in [1.165, 1.54) is 0 Å². The number of carbonyl (C=O) groups excluding carboxylic acids is 1. The molecule has 0 radical (unpaired) electrons. The molecular weight excluding hydrogens is 494 g/mol. The van der Waals surface area contributed by atoms with E-state index in [0.717, 1.165) is 19.8 Å². The zero-order chi connectivity index (χ0) is 20.0. The molecule has 1 amide bonds. The van der Waals surface area contributed by atoms with E-state index in [9.17, 15) is 9.59 Å². The highest BCUT2D eigenvalue weighted by atomic mass is 79.9. The fourth-order valence-electron chi connectivity index (χ4n) is 3.03. The molecule has 0 fully saturated rings. The van der Waals surface area contributed by atoms with Crippen molar-refractivity contribution in [3.05, 3.63) is 61.6 Å². The lowest BCUT2D eigenvalue weighted by Gasteiger charge is -2.11. The minimum atomic E-state index is -0.679. The van der Waals surface area contributed by atoms with Gasteiger partial charge in [0.2, 0.25) is 0 Å². The van der Waals surface area contributed by atoms with Crippen molar-refractivity contribution in [2.24, 2.45) is 7.05 Å². The molecule has 28 heavy (non-hydrogen) atoms. The highest BCUT2D eigenvalue weighted by Crippen LogP contribution is 2.32. The summed E-state index contributed by atoms with van der Waals surface area (Å²) < 4.78 is 7.83. The third-order valence-corrected chi connectivity index (χ3v) is 5.53. The van der Waals surface area contributed by atoms with Crippen molar-refractivity contribution < 1.29 is 9.32 Å². The predicted octanol–water partition coefficient (Wildman–Crippen LogP) is 3.88. The van der Waals surface area contributed by atoms with Crippen molar-refractivity contribution in [1.82, 2.24) is 14.7 Å². The van der Waals surface area contributed by atoms with Crippen LogP contribution in [0.25, 0.3) is 22.3 Å². The Kier molecular flexibility index (Phi) is 4.60. The number of H-pyrrole nitrogens is 1. The summed E-state index contributed by atoms with van der Waals surface area (Å²) in [5.41, 5.74) is 8.88. The van der Waals surface area contributed by atoms with Crippen LogP contribution in [0.1, 0.15) is 10.5 Å². The van der Waals surface area contributed by atoms with Gasteiger partial charge in [-0.3, -0.25) is 14.3 Å². The van der Waals surface area contributed by atoms with Crippen molar-refractivity contribution >= 4 is 60.0 Å². The van der Waals surface area contributed by atoms with E-state index < -0.39 is 5.76 Å². The molecule has 0 spiro atoms. The molecule has 0 unspecified atom stereocenters. The van der Waals surface area contributed by atoms with Crippen molar-refractivity contribution in [1.29, 1.82) is 0 Å². The summed E-state index contributed by atoms with van der Waals surface area (Å²) in [6.07, 6.45) is 0. The quantitative estimate of drug-likeness (QED) is 0.364. The zero-order valence-electron chi connectivity index (χ0n) is 14.4. The minimum absolute atomic E-state index is 0.215. The van der Waals surface area contributed by atoms with E-state index in [2.05, 4.69) is 51.8 Å². The number of carbonyl (C=O) groups is 1. The summed E-state index contributed by atoms with van der Waals surface area (Å²) in [7, 11) is 1.78. The molecule has 2 heterocycles. The Morgan fingerprint density at radius 1 is 1.25 bits per heavy atom. The molecule has 142 valence electrons. The third-order valence-electron chi connectivity index (χ3n) is 4.34. The van der Waals surface area contributed by atoms with Crippen molar-refractivity contribution in [3.8, 4) is 11.4 Å². The Labute approximate surface area is 175 Å². The number of nitrogens with two attached hydrogens (primary N) is 1. The fourth-order valence-corrected chi connectivity index (χ4v) is 3.71. The number of amides is 1. The number of nitrogen functional groups attached to an aromatic ring is 1. The first kappa shape index (κ1) is 18.5. The molecule has 8 nitrogen and oxygen atoms in total. The van der Waals surface area contributed by atoms with E-state index in [-0.39, 0.29) is 11.7 Å². The molecule has 0 aliphatic carbocycles. The number of aromatic nitrogens is 3. The summed E-state index contributed by atoms with van der Waals surface area (Å²) in [6, 6.07) is 10.7. The number of halogens is 2. The molecule has 0 aliphatic rings. The number of benzene rings is 2. The average Bonchev–Trinajstić information content (AvgIpc) is 3.23. The van der Waals surface area contributed by atoms with Gasteiger partial charge in [0.25, 0.3) is 5.91 Å². The van der Waals surface area contributed by atoms with Crippen LogP contribution in [0, 0.1) is 0 Å². The van der Waals surface area contributed by atoms with Gasteiger partial charge >= 0.3 is 5.76 Å². The molecule has 4 aromatic rings. The smallest absolute Gasteiger partial charge is 0.396 e. The zero-order valence-corrected chi connectivity index (χ0v) is 17.6. The van der Waals surface area contributed by atoms with Crippen LogP contribution in [0.15, 0.2) is 54.7 Å². The van der Waals surface area contributed by atoms with Gasteiger partial charge in [-0.1, -0.05) is 27.2 Å². The average molecular weight is 507 g/mol. The molecule has 2 aromatic heterocycles. The topological polar surface area (TPSA) is 119 Å². The van der Waals surface area contributed by atoms with Crippen LogP contribution in [0.2, 0.25) is 0 Å². The molecule has 0 saturated heterocycles. The molecule has 2 aromatic carbocycles. The van der Waals surface area contributed by atoms with Gasteiger partial charge in [-0.15, -0.1) is 0 Å². The van der Waals surface area contributed by atoms with Gasteiger partial charge in [-0.05, 0) is 46.3 Å². The largest absolute Gasteiger partial charge is 0.439 e. The summed E-state index contributed by atoms with van der Waals surface area (Å²) in [6.45, 7) is 0. The van der Waals surface area contributed by atoms with Crippen molar-refractivity contribution in [2.45, 2.75) is 0 Å². The van der Waals surface area contributed by atoms with Gasteiger partial charge in [0, 0.05) is 26.9 Å². The van der Waals surface area contributed by atoms with Gasteiger partial charge in [0.15, 0.2) is 5.82 Å². The molecule has 0 saturated carbocycles. The molecule has 4 N–H and O–H groups in total. The first-order valence-electron chi connectivity index (χ1n) is 8.06. The Balaban J connectivity index is 1.76. The number of anilines is 2. The Morgan fingerprint density at radius 2 is 2.04 bits per heavy atom. The summed E-state index contributed by atoms with van der Waals surface area (Å²) in [5.74, 6) is -0.794. The number of hydrogen-bond acceptors (Lipinski definition) is 5. The van der Waals surface area contributed by atoms with Crippen LogP contribution in [0.4, 0.5) is 11.4 Å². The van der Waals surface area contributed by atoms with Crippen LogP contribution in [0.5, 0.6) is 0 Å². The molecule has 0 atom stereocenters. The molecule has 0 aliphatic heterocycles. The standard InChI is InChI=1S/C18H13Br2N5O3/c1-25-13(6-8-2-4-11(20)14(21)15(8)25)17(26)22-12-5-3-9(19)7-10(12)16-23-18(27)28-24-16/h2-7H,21H2,1H3,(H,22,26)(H,23,24,27). The van der Waals surface area contributed by atoms with E-state index in [1.54, 1.807) is 35.9 Å². The number of aryl methyl sites for hydroxylation is 1. The van der Waals surface area contributed by atoms with Crippen LogP contribution < -0.4 is 16.8 Å². The number of rotatable bonds is 3. The lowest BCUT2D eigenvalue weighted by atomic mass is 10.1. The number of fused-ring (bicyclic) bond motifs is 1. The van der Waals surface area contributed by atoms with Crippen LogP contribution in [-0.4, -0.2) is 20.6 Å². The lowest BCUT2D eigenvalue weighted by molar-refractivity contribution is 0.102. The normalized spacial score (nSPS) is 11.1. The third kappa shape index (κ3) is 3.14. The molecule has 4 rings (SSSR count). The maximum Gasteiger partial charge on any atom is 0.439 e. The van der Waals surface area contributed by atoms with E-state index in [1.807, 2.05) is 12.1 Å². The Morgan fingerprint density at radius 3 is 2.75 bits per heavy atom. The predicted molar refractivity (Wildman–Crippen MR) is 113 cm³/mol. The number of nitrogens with zero attached hydrogens (tertiary/aromatic N) is 2. The van der Waals surface area contributed by atoms with Crippen LogP contribution in [-0.2, 0) is 7.05 Å². The highest BCUT2D eigenvalue weighted by molar-refractivity contribution is 9.10. The summed E-state index contributed by atoms with van der Waals surface area (Å²) in [5, 5.41) is 7.41. The van der Waals surface area contributed by atoms with Crippen LogP contribution >= 0.6 is 31.9 Å². The molecule has 10 heteroatoms. The second kappa shape index (κ2) is 6.95. The van der Waals surface area contributed by atoms with E-state index in [0.29, 0.717) is 22.6 Å². The first-order chi connectivity index (χ1) is 13.3. The highest BCUT2D eigenvalue weighted by Gasteiger charge is 2.19. The van der Waals surface area contributed by atoms with Crippen molar-refractivity contribution in [2.75, 3.05) is 11.1 Å². The van der Waals surface area contributed by atoms with E-state index >= 15 is 0 Å². The fraction of sp³-hybridized carbons (Fsp3) is 0.0556. The number of aromatic amines is 1. The maximum absolute atomic E-state index is 13.0. The number of hydrogen-bond donors (Lipinski definition) is 3. The second-order valence-corrected chi connectivity index (χ2v) is 7.85. The van der Waals surface area contributed by atoms with Gasteiger partial charge in [0.1, 0.15) is 5.69 Å². The SMILES string of the molecule is Cn1c(C(=O)Nc2ccc(Br)cc2-c2noc(=O)[nH]2)cc2ccc(Br)c(N)c21. The Bertz CT molecular complexity index is 1290. The minimum Gasteiger partial charge on any atom is -0.396 e. The lowest BCUT2D eigenvalue weighted by Crippen LogP contribution is -2.16. The summed E-state index contributed by atoms with van der Waals surface area (Å²) in [4.78, 5) is 26.8.